The van der Waals surface area contributed by atoms with Gasteiger partial charge in [0.05, 0.1) is 18.8 Å². The number of aryl methyl sites for hydroxylation is 1. The van der Waals surface area contributed by atoms with Crippen LogP contribution in [-0.4, -0.2) is 20.5 Å². The fourth-order valence-corrected chi connectivity index (χ4v) is 4.01. The first-order valence-electron chi connectivity index (χ1n) is 6.21. The molecule has 0 saturated carbocycles. The molecule has 0 amide bonds. The molecule has 8 heteroatoms. The summed E-state index contributed by atoms with van der Waals surface area (Å²) in [5, 5.41) is 2.59. The zero-order valence-electron chi connectivity index (χ0n) is 12.0. The highest BCUT2D eigenvalue weighted by Gasteiger charge is 2.22. The molecule has 1 aromatic heterocycles. The molecular formula is C13H17N3O3S2. The number of aromatic nitrogens is 1. The van der Waals surface area contributed by atoms with Crippen LogP contribution in [0.1, 0.15) is 23.7 Å². The first kappa shape index (κ1) is 15.7. The molecule has 0 aliphatic rings. The second kappa shape index (κ2) is 6.00. The number of nitrogens with two attached hydrogens (primary N) is 1. The van der Waals surface area contributed by atoms with Crippen LogP contribution in [0.15, 0.2) is 28.5 Å². The van der Waals surface area contributed by atoms with E-state index in [0.29, 0.717) is 10.8 Å². The number of methoxy groups -OCH3 is 1. The van der Waals surface area contributed by atoms with Crippen LogP contribution in [0.25, 0.3) is 0 Å². The van der Waals surface area contributed by atoms with E-state index >= 15 is 0 Å². The summed E-state index contributed by atoms with van der Waals surface area (Å²) in [6.07, 6.45) is 0. The second-order valence-electron chi connectivity index (χ2n) is 4.57. The Labute approximate surface area is 128 Å². The summed E-state index contributed by atoms with van der Waals surface area (Å²) < 4.78 is 32.4. The molecule has 114 valence electrons. The Kier molecular flexibility index (Phi) is 4.50. The van der Waals surface area contributed by atoms with Gasteiger partial charge in [-0.15, -0.1) is 11.3 Å². The van der Waals surface area contributed by atoms with E-state index in [9.17, 15) is 8.42 Å². The Morgan fingerprint density at radius 1 is 1.43 bits per heavy atom. The molecule has 6 nitrogen and oxygen atoms in total. The third-order valence-corrected chi connectivity index (χ3v) is 5.61. The molecule has 3 N–H and O–H groups in total. The van der Waals surface area contributed by atoms with E-state index in [1.54, 1.807) is 13.0 Å². The van der Waals surface area contributed by atoms with Crippen molar-refractivity contribution in [3.8, 4) is 5.75 Å². The molecule has 0 bridgehead atoms. The van der Waals surface area contributed by atoms with Gasteiger partial charge in [-0.25, -0.2) is 18.1 Å². The average Bonchev–Trinajstić information content (AvgIpc) is 2.84. The standard InChI is InChI=1S/C13H17N3O3S2/c1-8-7-20-13(15-8)9(2)16-21(17,18)12-5-4-10(19-3)6-11(12)14/h4-7,9,16H,14H2,1-3H3. The number of nitrogen functional groups attached to an aromatic ring is 1. The van der Waals surface area contributed by atoms with Gasteiger partial charge in [-0.3, -0.25) is 0 Å². The highest BCUT2D eigenvalue weighted by atomic mass is 32.2. The van der Waals surface area contributed by atoms with Gasteiger partial charge in [-0.05, 0) is 26.0 Å². The van der Waals surface area contributed by atoms with Gasteiger partial charge in [0, 0.05) is 17.1 Å². The molecule has 2 rings (SSSR count). The number of hydrogen-bond acceptors (Lipinski definition) is 6. The van der Waals surface area contributed by atoms with Gasteiger partial charge in [0.15, 0.2) is 0 Å². The highest BCUT2D eigenvalue weighted by Crippen LogP contribution is 2.26. The van der Waals surface area contributed by atoms with Crippen LogP contribution in [0.4, 0.5) is 5.69 Å². The van der Waals surface area contributed by atoms with Crippen molar-refractivity contribution in [3.05, 3.63) is 34.3 Å². The molecule has 1 atom stereocenters. The zero-order valence-corrected chi connectivity index (χ0v) is 13.6. The fraction of sp³-hybridized carbons (Fsp3) is 0.308. The summed E-state index contributed by atoms with van der Waals surface area (Å²) in [7, 11) is -2.22. The lowest BCUT2D eigenvalue weighted by atomic mass is 10.3. The molecule has 1 unspecified atom stereocenters. The van der Waals surface area contributed by atoms with Gasteiger partial charge in [-0.2, -0.15) is 0 Å². The minimum Gasteiger partial charge on any atom is -0.497 e. The molecule has 1 aromatic carbocycles. The van der Waals surface area contributed by atoms with Crippen LogP contribution in [0.5, 0.6) is 5.75 Å². The van der Waals surface area contributed by atoms with Crippen LogP contribution in [0.3, 0.4) is 0 Å². The van der Waals surface area contributed by atoms with Crippen molar-refractivity contribution < 1.29 is 13.2 Å². The third-order valence-electron chi connectivity index (χ3n) is 2.85. The van der Waals surface area contributed by atoms with Crippen molar-refractivity contribution in [2.24, 2.45) is 0 Å². The number of nitrogens with zero attached hydrogens (tertiary/aromatic N) is 1. The van der Waals surface area contributed by atoms with E-state index in [2.05, 4.69) is 9.71 Å². The topological polar surface area (TPSA) is 94.3 Å². The van der Waals surface area contributed by atoms with E-state index < -0.39 is 16.1 Å². The van der Waals surface area contributed by atoms with Gasteiger partial charge in [0.1, 0.15) is 15.7 Å². The van der Waals surface area contributed by atoms with Crippen LogP contribution < -0.4 is 15.2 Å². The van der Waals surface area contributed by atoms with Crippen LogP contribution in [-0.2, 0) is 10.0 Å². The van der Waals surface area contributed by atoms with Crippen molar-refractivity contribution in [1.82, 2.24) is 9.71 Å². The minimum atomic E-state index is -3.72. The van der Waals surface area contributed by atoms with Gasteiger partial charge in [0.2, 0.25) is 10.0 Å². The molecule has 0 aliphatic heterocycles. The Hall–Kier alpha value is -1.64. The molecule has 0 aliphatic carbocycles. The lowest BCUT2D eigenvalue weighted by molar-refractivity contribution is 0.414. The Morgan fingerprint density at radius 3 is 2.67 bits per heavy atom. The van der Waals surface area contributed by atoms with Gasteiger partial charge >= 0.3 is 0 Å². The summed E-state index contributed by atoms with van der Waals surface area (Å²) in [6, 6.07) is 4.04. The van der Waals surface area contributed by atoms with Gasteiger partial charge < -0.3 is 10.5 Å². The fourth-order valence-electron chi connectivity index (χ4n) is 1.82. The first-order chi connectivity index (χ1) is 9.83. The molecule has 1 heterocycles. The van der Waals surface area contributed by atoms with E-state index in [4.69, 9.17) is 10.5 Å². The molecule has 2 aromatic rings. The van der Waals surface area contributed by atoms with Gasteiger partial charge in [0.25, 0.3) is 0 Å². The lowest BCUT2D eigenvalue weighted by Gasteiger charge is -2.14. The molecule has 0 fully saturated rings. The molecule has 0 spiro atoms. The minimum absolute atomic E-state index is 0.0310. The van der Waals surface area contributed by atoms with Crippen LogP contribution in [0.2, 0.25) is 0 Å². The summed E-state index contributed by atoms with van der Waals surface area (Å²) >= 11 is 1.41. The Morgan fingerprint density at radius 2 is 2.14 bits per heavy atom. The van der Waals surface area contributed by atoms with Crippen molar-refractivity contribution in [2.75, 3.05) is 12.8 Å². The molecule has 21 heavy (non-hydrogen) atoms. The largest absolute Gasteiger partial charge is 0.497 e. The number of rotatable bonds is 5. The monoisotopic (exact) mass is 327 g/mol. The van der Waals surface area contributed by atoms with Crippen molar-refractivity contribution in [2.45, 2.75) is 24.8 Å². The van der Waals surface area contributed by atoms with Crippen molar-refractivity contribution in [1.29, 1.82) is 0 Å². The van der Waals surface area contributed by atoms with E-state index in [-0.39, 0.29) is 10.6 Å². The number of benzene rings is 1. The maximum Gasteiger partial charge on any atom is 0.243 e. The van der Waals surface area contributed by atoms with E-state index in [0.717, 1.165) is 5.69 Å². The Balaban J connectivity index is 2.26. The SMILES string of the molecule is COc1ccc(S(=O)(=O)NC(C)c2nc(C)cs2)c(N)c1. The predicted molar refractivity (Wildman–Crippen MR) is 83.0 cm³/mol. The number of anilines is 1. The Bertz CT molecular complexity index is 741. The van der Waals surface area contributed by atoms with Crippen molar-refractivity contribution >= 4 is 27.0 Å². The maximum atomic E-state index is 12.4. The normalized spacial score (nSPS) is 13.1. The molecular weight excluding hydrogens is 310 g/mol. The number of sulfonamides is 1. The smallest absolute Gasteiger partial charge is 0.243 e. The summed E-state index contributed by atoms with van der Waals surface area (Å²) in [5.74, 6) is 0.509. The number of hydrogen-bond donors (Lipinski definition) is 2. The lowest BCUT2D eigenvalue weighted by Crippen LogP contribution is -2.27. The number of nitrogens with one attached hydrogen (secondary N) is 1. The van der Waals surface area contributed by atoms with E-state index in [1.165, 1.54) is 30.6 Å². The molecule has 0 saturated heterocycles. The third kappa shape index (κ3) is 3.52. The van der Waals surface area contributed by atoms with Crippen molar-refractivity contribution in [3.63, 3.8) is 0 Å². The highest BCUT2D eigenvalue weighted by molar-refractivity contribution is 7.89. The summed E-state index contributed by atoms with van der Waals surface area (Å²) in [6.45, 7) is 3.61. The number of ether oxygens (including phenoxy) is 1. The second-order valence-corrected chi connectivity index (χ2v) is 7.15. The summed E-state index contributed by atoms with van der Waals surface area (Å²) in [5.41, 5.74) is 6.80. The quantitative estimate of drug-likeness (QED) is 0.820. The van der Waals surface area contributed by atoms with Crippen LogP contribution >= 0.6 is 11.3 Å². The first-order valence-corrected chi connectivity index (χ1v) is 8.57. The number of thiazole rings is 1. The van der Waals surface area contributed by atoms with Gasteiger partial charge in [-0.1, -0.05) is 0 Å². The average molecular weight is 327 g/mol. The predicted octanol–water partition coefficient (Wildman–Crippen LogP) is 2.08. The summed E-state index contributed by atoms with van der Waals surface area (Å²) in [4.78, 5) is 4.31. The zero-order chi connectivity index (χ0) is 15.6. The maximum absolute atomic E-state index is 12.4. The molecule has 0 radical (unpaired) electrons. The van der Waals surface area contributed by atoms with E-state index in [1.807, 2.05) is 12.3 Å². The van der Waals surface area contributed by atoms with Crippen LogP contribution in [0, 0.1) is 6.92 Å².